The molecule has 0 aromatic heterocycles. The molecule has 0 spiro atoms. The summed E-state index contributed by atoms with van der Waals surface area (Å²) in [5.74, 6) is -0.0369. The topological polar surface area (TPSA) is 50.4 Å². The van der Waals surface area contributed by atoms with Gasteiger partial charge in [-0.1, -0.05) is 12.1 Å². The largest absolute Gasteiger partial charge is 0.368 e. The van der Waals surface area contributed by atoms with Gasteiger partial charge in [-0.2, -0.15) is 0 Å². The summed E-state index contributed by atoms with van der Waals surface area (Å²) in [5, 5.41) is 6.27. The van der Waals surface area contributed by atoms with E-state index in [1.807, 2.05) is 32.0 Å². The summed E-state index contributed by atoms with van der Waals surface area (Å²) in [7, 11) is 1.62. The number of benzene rings is 1. The molecule has 1 fully saturated rings. The Balaban J connectivity index is 0.00000200. The zero-order valence-electron chi connectivity index (χ0n) is 12.3. The Bertz CT molecular complexity index is 471. The van der Waals surface area contributed by atoms with Gasteiger partial charge in [-0.3, -0.25) is 4.79 Å². The Morgan fingerprint density at radius 2 is 1.95 bits per heavy atom. The van der Waals surface area contributed by atoms with Crippen LogP contribution in [0.5, 0.6) is 0 Å². The van der Waals surface area contributed by atoms with E-state index in [9.17, 15) is 4.79 Å². The van der Waals surface area contributed by atoms with Crippen LogP contribution in [0, 0.1) is 13.8 Å². The molecule has 2 rings (SSSR count). The summed E-state index contributed by atoms with van der Waals surface area (Å²) in [4.78, 5) is 12.5. The summed E-state index contributed by atoms with van der Waals surface area (Å²) < 4.78 is 5.53. The Morgan fingerprint density at radius 1 is 1.30 bits per heavy atom. The predicted molar refractivity (Wildman–Crippen MR) is 83.6 cm³/mol. The van der Waals surface area contributed by atoms with Crippen molar-refractivity contribution in [1.29, 1.82) is 0 Å². The lowest BCUT2D eigenvalue weighted by Gasteiger charge is -2.35. The van der Waals surface area contributed by atoms with Crippen molar-refractivity contribution < 1.29 is 9.53 Å². The van der Waals surface area contributed by atoms with E-state index in [0.717, 1.165) is 24.3 Å². The number of carbonyl (C=O) groups is 1. The molecule has 5 heteroatoms. The van der Waals surface area contributed by atoms with Crippen molar-refractivity contribution in [2.75, 3.05) is 25.5 Å². The quantitative estimate of drug-likeness (QED) is 0.901. The fraction of sp³-hybridized carbons (Fsp3) is 0.533. The van der Waals surface area contributed by atoms with Crippen LogP contribution in [0.25, 0.3) is 0 Å². The molecule has 0 unspecified atom stereocenters. The SMILES string of the molecule is COC1(C(=O)Nc2cccc(C)c2C)CCNCC1.Cl. The van der Waals surface area contributed by atoms with Crippen LogP contribution in [0.2, 0.25) is 0 Å². The van der Waals surface area contributed by atoms with Gasteiger partial charge in [0.05, 0.1) is 0 Å². The standard InChI is InChI=1S/C15H22N2O2.ClH/c1-11-5-4-6-13(12(11)2)17-14(18)15(19-3)7-9-16-10-8-15;/h4-6,16H,7-10H2,1-3H3,(H,17,18);1H. The Morgan fingerprint density at radius 3 is 2.55 bits per heavy atom. The van der Waals surface area contributed by atoms with Gasteiger partial charge >= 0.3 is 0 Å². The maximum absolute atomic E-state index is 12.5. The van der Waals surface area contributed by atoms with Gasteiger partial charge in [0, 0.05) is 12.8 Å². The Hall–Kier alpha value is -1.10. The first-order valence-electron chi connectivity index (χ1n) is 6.72. The van der Waals surface area contributed by atoms with Crippen molar-refractivity contribution >= 4 is 24.0 Å². The van der Waals surface area contributed by atoms with E-state index in [4.69, 9.17) is 4.74 Å². The first-order valence-corrected chi connectivity index (χ1v) is 6.72. The van der Waals surface area contributed by atoms with Crippen molar-refractivity contribution in [2.45, 2.75) is 32.3 Å². The highest BCUT2D eigenvalue weighted by Gasteiger charge is 2.39. The van der Waals surface area contributed by atoms with Gasteiger partial charge in [0.2, 0.25) is 0 Å². The maximum atomic E-state index is 12.5. The minimum absolute atomic E-state index is 0. The highest BCUT2D eigenvalue weighted by Crippen LogP contribution is 2.26. The Kier molecular flexibility index (Phi) is 5.99. The lowest BCUT2D eigenvalue weighted by atomic mass is 9.91. The number of amides is 1. The Labute approximate surface area is 126 Å². The zero-order valence-corrected chi connectivity index (χ0v) is 13.1. The van der Waals surface area contributed by atoms with E-state index in [1.54, 1.807) is 7.11 Å². The number of anilines is 1. The van der Waals surface area contributed by atoms with Crippen molar-refractivity contribution in [3.63, 3.8) is 0 Å². The van der Waals surface area contributed by atoms with Crippen molar-refractivity contribution in [1.82, 2.24) is 5.32 Å². The molecule has 1 heterocycles. The van der Waals surface area contributed by atoms with Crippen molar-refractivity contribution in [3.8, 4) is 0 Å². The molecule has 1 saturated heterocycles. The first-order chi connectivity index (χ1) is 9.09. The van der Waals surface area contributed by atoms with Crippen LogP contribution in [0.4, 0.5) is 5.69 Å². The number of halogens is 1. The second kappa shape index (κ2) is 7.07. The van der Waals surface area contributed by atoms with Gasteiger partial charge < -0.3 is 15.4 Å². The van der Waals surface area contributed by atoms with E-state index in [-0.39, 0.29) is 18.3 Å². The lowest BCUT2D eigenvalue weighted by Crippen LogP contribution is -2.51. The fourth-order valence-corrected chi connectivity index (χ4v) is 2.48. The van der Waals surface area contributed by atoms with Gasteiger partial charge in [-0.15, -0.1) is 12.4 Å². The molecule has 0 aliphatic carbocycles. The highest BCUT2D eigenvalue weighted by atomic mass is 35.5. The van der Waals surface area contributed by atoms with Crippen LogP contribution in [0.15, 0.2) is 18.2 Å². The first kappa shape index (κ1) is 17.0. The molecule has 4 nitrogen and oxygen atoms in total. The number of aryl methyl sites for hydroxylation is 1. The third-order valence-electron chi connectivity index (χ3n) is 4.07. The molecule has 0 radical (unpaired) electrons. The molecule has 0 bridgehead atoms. The molecular formula is C15H23ClN2O2. The summed E-state index contributed by atoms with van der Waals surface area (Å²) >= 11 is 0. The van der Waals surface area contributed by atoms with E-state index < -0.39 is 5.60 Å². The zero-order chi connectivity index (χ0) is 13.9. The normalized spacial score (nSPS) is 17.1. The van der Waals surface area contributed by atoms with Crippen LogP contribution in [-0.4, -0.2) is 31.7 Å². The van der Waals surface area contributed by atoms with Crippen LogP contribution < -0.4 is 10.6 Å². The second-order valence-electron chi connectivity index (χ2n) is 5.15. The van der Waals surface area contributed by atoms with E-state index in [0.29, 0.717) is 12.8 Å². The number of methoxy groups -OCH3 is 1. The molecule has 0 saturated carbocycles. The molecule has 1 aromatic rings. The average Bonchev–Trinajstić information content (AvgIpc) is 2.44. The van der Waals surface area contributed by atoms with Gasteiger partial charge in [0.25, 0.3) is 5.91 Å². The monoisotopic (exact) mass is 298 g/mol. The molecule has 2 N–H and O–H groups in total. The number of hydrogen-bond acceptors (Lipinski definition) is 3. The molecule has 1 aliphatic rings. The summed E-state index contributed by atoms with van der Waals surface area (Å²) in [6.45, 7) is 5.69. The van der Waals surface area contributed by atoms with Gasteiger partial charge in [0.1, 0.15) is 5.60 Å². The number of rotatable bonds is 3. The number of piperidine rings is 1. The maximum Gasteiger partial charge on any atom is 0.256 e. The van der Waals surface area contributed by atoms with E-state index in [1.165, 1.54) is 5.56 Å². The van der Waals surface area contributed by atoms with E-state index >= 15 is 0 Å². The molecule has 1 aliphatic heterocycles. The molecule has 0 atom stereocenters. The van der Waals surface area contributed by atoms with Crippen LogP contribution in [-0.2, 0) is 9.53 Å². The number of nitrogens with one attached hydrogen (secondary N) is 2. The average molecular weight is 299 g/mol. The predicted octanol–water partition coefficient (Wildman–Crippen LogP) is 2.43. The third-order valence-corrected chi connectivity index (χ3v) is 4.07. The highest BCUT2D eigenvalue weighted by molar-refractivity contribution is 5.98. The smallest absolute Gasteiger partial charge is 0.256 e. The molecule has 1 aromatic carbocycles. The summed E-state index contributed by atoms with van der Waals surface area (Å²) in [6.07, 6.45) is 1.42. The van der Waals surface area contributed by atoms with Crippen molar-refractivity contribution in [3.05, 3.63) is 29.3 Å². The fourth-order valence-electron chi connectivity index (χ4n) is 2.48. The van der Waals surface area contributed by atoms with Crippen LogP contribution in [0.3, 0.4) is 0 Å². The lowest BCUT2D eigenvalue weighted by molar-refractivity contribution is -0.140. The molecular weight excluding hydrogens is 276 g/mol. The number of ether oxygens (including phenoxy) is 1. The molecule has 1 amide bonds. The minimum Gasteiger partial charge on any atom is -0.368 e. The van der Waals surface area contributed by atoms with Gasteiger partial charge in [0.15, 0.2) is 0 Å². The van der Waals surface area contributed by atoms with E-state index in [2.05, 4.69) is 10.6 Å². The third kappa shape index (κ3) is 3.32. The molecule has 20 heavy (non-hydrogen) atoms. The summed E-state index contributed by atoms with van der Waals surface area (Å²) in [6, 6.07) is 5.94. The van der Waals surface area contributed by atoms with Crippen molar-refractivity contribution in [2.24, 2.45) is 0 Å². The second-order valence-corrected chi connectivity index (χ2v) is 5.15. The minimum atomic E-state index is -0.693. The van der Waals surface area contributed by atoms with Gasteiger partial charge in [-0.25, -0.2) is 0 Å². The van der Waals surface area contributed by atoms with Crippen LogP contribution >= 0.6 is 12.4 Å². The summed E-state index contributed by atoms with van der Waals surface area (Å²) in [5.41, 5.74) is 2.46. The molecule has 112 valence electrons. The van der Waals surface area contributed by atoms with Gasteiger partial charge in [-0.05, 0) is 57.0 Å². The van der Waals surface area contributed by atoms with Crippen LogP contribution in [0.1, 0.15) is 24.0 Å². The number of hydrogen-bond donors (Lipinski definition) is 2. The number of carbonyl (C=O) groups excluding carboxylic acids is 1.